The average molecular weight is 191 g/mol. The van der Waals surface area contributed by atoms with Crippen molar-refractivity contribution in [1.29, 1.82) is 5.41 Å². The molecule has 0 heterocycles. The van der Waals surface area contributed by atoms with Crippen LogP contribution in [0.15, 0.2) is 0 Å². The lowest BCUT2D eigenvalue weighted by Crippen LogP contribution is -2.37. The Kier molecular flexibility index (Phi) is 10.1. The summed E-state index contributed by atoms with van der Waals surface area (Å²) < 4.78 is 10.6. The van der Waals surface area contributed by atoms with E-state index in [9.17, 15) is 0 Å². The topological polar surface area (TPSA) is 59.4 Å². The predicted octanol–water partition coefficient (Wildman–Crippen LogP) is 1.66. The minimum Gasteiger partial charge on any atom is -0.398 e. The fourth-order valence-corrected chi connectivity index (χ4v) is 2.73. The van der Waals surface area contributed by atoms with E-state index >= 15 is 0 Å². The molecule has 0 aliphatic carbocycles. The molecule has 0 atom stereocenters. The Balaban J connectivity index is 0. The molecule has 5 heteroatoms. The third-order valence-corrected chi connectivity index (χ3v) is 5.46. The lowest BCUT2D eigenvalue weighted by atomic mass is 10.9. The van der Waals surface area contributed by atoms with E-state index in [2.05, 4.69) is 13.8 Å². The van der Waals surface area contributed by atoms with Gasteiger partial charge in [0.25, 0.3) is 0 Å². The molecular formula is C7H17NO3Si. The summed E-state index contributed by atoms with van der Waals surface area (Å²) in [6.07, 6.45) is 0.750. The first-order valence-corrected chi connectivity index (χ1v) is 6.03. The first-order valence-electron chi connectivity index (χ1n) is 3.80. The Labute approximate surface area is 74.6 Å². The SMILES string of the molecule is CC[Si](CC)(OC)OC.N=C=O. The van der Waals surface area contributed by atoms with Crippen molar-refractivity contribution in [3.05, 3.63) is 0 Å². The molecule has 12 heavy (non-hydrogen) atoms. The monoisotopic (exact) mass is 191 g/mol. The Hall–Kier alpha value is -0.483. The Morgan fingerprint density at radius 1 is 1.25 bits per heavy atom. The van der Waals surface area contributed by atoms with E-state index in [1.165, 1.54) is 0 Å². The Morgan fingerprint density at radius 2 is 1.50 bits per heavy atom. The molecule has 0 rings (SSSR count). The van der Waals surface area contributed by atoms with Crippen LogP contribution in [-0.2, 0) is 13.6 Å². The van der Waals surface area contributed by atoms with Crippen molar-refractivity contribution < 1.29 is 13.6 Å². The van der Waals surface area contributed by atoms with Gasteiger partial charge in [0.15, 0.2) is 0 Å². The lowest BCUT2D eigenvalue weighted by molar-refractivity contribution is 0.244. The second kappa shape index (κ2) is 8.61. The van der Waals surface area contributed by atoms with Crippen LogP contribution >= 0.6 is 0 Å². The van der Waals surface area contributed by atoms with Crippen molar-refractivity contribution in [2.24, 2.45) is 0 Å². The summed E-state index contributed by atoms with van der Waals surface area (Å²) in [6, 6.07) is 2.08. The maximum absolute atomic E-state index is 8.35. The zero-order valence-corrected chi connectivity index (χ0v) is 9.14. The van der Waals surface area contributed by atoms with E-state index in [1.54, 1.807) is 14.2 Å². The smallest absolute Gasteiger partial charge is 0.337 e. The van der Waals surface area contributed by atoms with E-state index < -0.39 is 8.56 Å². The van der Waals surface area contributed by atoms with E-state index in [0.717, 1.165) is 18.2 Å². The molecule has 0 bridgehead atoms. The minimum absolute atomic E-state index is 0.750. The quantitative estimate of drug-likeness (QED) is 0.417. The van der Waals surface area contributed by atoms with Crippen LogP contribution < -0.4 is 0 Å². The zero-order chi connectivity index (χ0) is 10.0. The fourth-order valence-electron chi connectivity index (χ4n) is 0.911. The molecule has 4 nitrogen and oxygen atoms in total. The summed E-state index contributed by atoms with van der Waals surface area (Å²) in [4.78, 5) is 8.35. The number of isocyanates is 1. The van der Waals surface area contributed by atoms with Crippen LogP contribution in [0.25, 0.3) is 0 Å². The molecule has 0 aromatic heterocycles. The average Bonchev–Trinajstić information content (AvgIpc) is 2.11. The summed E-state index contributed by atoms with van der Waals surface area (Å²) >= 11 is 0. The maximum atomic E-state index is 8.35. The molecular weight excluding hydrogens is 174 g/mol. The van der Waals surface area contributed by atoms with Crippen LogP contribution in [0.4, 0.5) is 0 Å². The second-order valence-corrected chi connectivity index (χ2v) is 6.18. The van der Waals surface area contributed by atoms with Gasteiger partial charge in [0.05, 0.1) is 0 Å². The lowest BCUT2D eigenvalue weighted by Gasteiger charge is -2.23. The number of nitrogens with one attached hydrogen (secondary N) is 1. The first kappa shape index (κ1) is 14.1. The van der Waals surface area contributed by atoms with Crippen molar-refractivity contribution in [3.63, 3.8) is 0 Å². The van der Waals surface area contributed by atoms with Gasteiger partial charge in [-0.05, 0) is 12.1 Å². The molecule has 1 N–H and O–H groups in total. The van der Waals surface area contributed by atoms with Gasteiger partial charge in [-0.25, -0.2) is 10.2 Å². The van der Waals surface area contributed by atoms with Crippen LogP contribution in [0, 0.1) is 5.41 Å². The van der Waals surface area contributed by atoms with Gasteiger partial charge in [-0.15, -0.1) is 0 Å². The number of carbonyl (C=O) groups excluding carboxylic acids is 1. The molecule has 0 aliphatic heterocycles. The van der Waals surface area contributed by atoms with Crippen molar-refractivity contribution >= 4 is 14.6 Å². The Bertz CT molecular complexity index is 113. The zero-order valence-electron chi connectivity index (χ0n) is 8.14. The van der Waals surface area contributed by atoms with Gasteiger partial charge < -0.3 is 8.85 Å². The highest BCUT2D eigenvalue weighted by molar-refractivity contribution is 6.67. The number of hydrogen-bond donors (Lipinski definition) is 1. The molecule has 0 amide bonds. The highest BCUT2D eigenvalue weighted by atomic mass is 28.4. The molecule has 0 saturated carbocycles. The summed E-state index contributed by atoms with van der Waals surface area (Å²) in [6.45, 7) is 4.23. The highest BCUT2D eigenvalue weighted by Gasteiger charge is 2.29. The van der Waals surface area contributed by atoms with Crippen molar-refractivity contribution in [2.45, 2.75) is 25.9 Å². The van der Waals surface area contributed by atoms with E-state index in [4.69, 9.17) is 19.1 Å². The minimum atomic E-state index is -1.69. The third kappa shape index (κ3) is 5.20. The van der Waals surface area contributed by atoms with Gasteiger partial charge in [-0.2, -0.15) is 0 Å². The molecule has 0 spiro atoms. The normalized spacial score (nSPS) is 9.67. The van der Waals surface area contributed by atoms with Gasteiger partial charge in [-0.3, -0.25) is 0 Å². The van der Waals surface area contributed by atoms with Gasteiger partial charge >= 0.3 is 8.56 Å². The van der Waals surface area contributed by atoms with Gasteiger partial charge in [0, 0.05) is 14.2 Å². The summed E-state index contributed by atoms with van der Waals surface area (Å²) in [5, 5.41) is 5.40. The van der Waals surface area contributed by atoms with Gasteiger partial charge in [0.1, 0.15) is 0 Å². The third-order valence-electron chi connectivity index (χ3n) is 1.82. The van der Waals surface area contributed by atoms with Crippen LogP contribution in [0.5, 0.6) is 0 Å². The summed E-state index contributed by atoms with van der Waals surface area (Å²) in [5.74, 6) is 0. The van der Waals surface area contributed by atoms with Crippen LogP contribution in [0.2, 0.25) is 12.1 Å². The molecule has 0 aromatic carbocycles. The van der Waals surface area contributed by atoms with Crippen LogP contribution in [0.3, 0.4) is 0 Å². The molecule has 0 unspecified atom stereocenters. The molecule has 72 valence electrons. The van der Waals surface area contributed by atoms with Crippen molar-refractivity contribution in [3.8, 4) is 0 Å². The van der Waals surface area contributed by atoms with Gasteiger partial charge in [0.2, 0.25) is 6.08 Å². The van der Waals surface area contributed by atoms with Crippen molar-refractivity contribution in [2.75, 3.05) is 14.2 Å². The largest absolute Gasteiger partial charge is 0.398 e. The molecule has 0 radical (unpaired) electrons. The highest BCUT2D eigenvalue weighted by Crippen LogP contribution is 2.15. The molecule has 0 aliphatic rings. The van der Waals surface area contributed by atoms with Crippen LogP contribution in [-0.4, -0.2) is 28.9 Å². The maximum Gasteiger partial charge on any atom is 0.337 e. The second-order valence-electron chi connectivity index (χ2n) is 2.13. The summed E-state index contributed by atoms with van der Waals surface area (Å²) in [5.41, 5.74) is 0. The van der Waals surface area contributed by atoms with Crippen molar-refractivity contribution in [1.82, 2.24) is 0 Å². The van der Waals surface area contributed by atoms with E-state index in [-0.39, 0.29) is 0 Å². The summed E-state index contributed by atoms with van der Waals surface area (Å²) in [7, 11) is 1.79. The predicted molar refractivity (Wildman–Crippen MR) is 49.1 cm³/mol. The van der Waals surface area contributed by atoms with Gasteiger partial charge in [-0.1, -0.05) is 13.8 Å². The van der Waals surface area contributed by atoms with Crippen LogP contribution in [0.1, 0.15) is 13.8 Å². The molecule has 0 aromatic rings. The van der Waals surface area contributed by atoms with E-state index in [1.807, 2.05) is 0 Å². The molecule has 0 fully saturated rings. The molecule has 0 saturated heterocycles. The Morgan fingerprint density at radius 3 is 1.50 bits per heavy atom. The number of rotatable bonds is 4. The first-order chi connectivity index (χ1) is 5.66. The number of hydrogen-bond acceptors (Lipinski definition) is 4. The standard InChI is InChI=1S/C6H16O2Si.CHNO/c1-5-9(6-2,7-3)8-4;2-1-3/h5-6H2,1-4H3;2H. The van der Waals surface area contributed by atoms with E-state index in [0.29, 0.717) is 0 Å². The fraction of sp³-hybridized carbons (Fsp3) is 0.857.